The number of rotatable bonds is 2. The number of carbonyl (C=O) groups is 1. The smallest absolute Gasteiger partial charge is 0.335 e. The Kier molecular flexibility index (Phi) is 2.42. The number of aromatic hydroxyl groups is 1. The van der Waals surface area contributed by atoms with Crippen LogP contribution >= 0.6 is 0 Å². The molecule has 6 nitrogen and oxygen atoms in total. The summed E-state index contributed by atoms with van der Waals surface area (Å²) in [5.74, 6) is -0.958. The predicted molar refractivity (Wildman–Crippen MR) is 67.5 cm³/mol. The molecule has 3 aromatic rings. The van der Waals surface area contributed by atoms with Crippen molar-refractivity contribution in [2.24, 2.45) is 0 Å². The van der Waals surface area contributed by atoms with Crippen LogP contribution in [-0.4, -0.2) is 31.2 Å². The van der Waals surface area contributed by atoms with Gasteiger partial charge in [0.1, 0.15) is 22.5 Å². The summed E-state index contributed by atoms with van der Waals surface area (Å²) in [6, 6.07) is 11.2. The minimum atomic E-state index is -1.01. The standard InChI is InChI=1S/C13H9N3O3/c17-12-4-2-1-3-11(12)16-14-9-6-5-8(13(18)19)7-10(9)15-16/h1-7,17H,(H,18,19). The van der Waals surface area contributed by atoms with Gasteiger partial charge in [-0.05, 0) is 30.3 Å². The maximum Gasteiger partial charge on any atom is 0.335 e. The first-order valence-electron chi connectivity index (χ1n) is 5.54. The van der Waals surface area contributed by atoms with Gasteiger partial charge in [-0.3, -0.25) is 0 Å². The molecule has 0 aliphatic heterocycles. The Bertz CT molecular complexity index is 780. The zero-order chi connectivity index (χ0) is 13.4. The van der Waals surface area contributed by atoms with Gasteiger partial charge in [-0.25, -0.2) is 4.79 Å². The fourth-order valence-electron chi connectivity index (χ4n) is 1.79. The van der Waals surface area contributed by atoms with Gasteiger partial charge in [0.05, 0.1) is 5.56 Å². The van der Waals surface area contributed by atoms with Crippen molar-refractivity contribution in [2.75, 3.05) is 0 Å². The second-order valence-corrected chi connectivity index (χ2v) is 3.99. The lowest BCUT2D eigenvalue weighted by Gasteiger charge is -2.00. The Morgan fingerprint density at radius 1 is 1.05 bits per heavy atom. The van der Waals surface area contributed by atoms with Gasteiger partial charge in [0.15, 0.2) is 0 Å². The highest BCUT2D eigenvalue weighted by atomic mass is 16.4. The summed E-state index contributed by atoms with van der Waals surface area (Å²) in [5, 5.41) is 27.0. The molecule has 94 valence electrons. The lowest BCUT2D eigenvalue weighted by Crippen LogP contribution is -1.98. The van der Waals surface area contributed by atoms with Gasteiger partial charge in [0.2, 0.25) is 0 Å². The molecule has 0 aliphatic rings. The number of benzene rings is 2. The molecule has 0 radical (unpaired) electrons. The number of para-hydroxylation sites is 2. The van der Waals surface area contributed by atoms with E-state index < -0.39 is 5.97 Å². The summed E-state index contributed by atoms with van der Waals surface area (Å²) in [6.07, 6.45) is 0. The number of phenolic OH excluding ortho intramolecular Hbond substituents is 1. The number of carboxylic acid groups (broad SMARTS) is 1. The molecule has 3 rings (SSSR count). The summed E-state index contributed by atoms with van der Waals surface area (Å²) in [5.41, 5.74) is 1.61. The number of carboxylic acids is 1. The van der Waals surface area contributed by atoms with Crippen molar-refractivity contribution < 1.29 is 15.0 Å². The summed E-state index contributed by atoms with van der Waals surface area (Å²) >= 11 is 0. The zero-order valence-electron chi connectivity index (χ0n) is 9.69. The Hall–Kier alpha value is -2.89. The van der Waals surface area contributed by atoms with E-state index in [0.29, 0.717) is 16.7 Å². The number of nitrogens with zero attached hydrogens (tertiary/aromatic N) is 3. The highest BCUT2D eigenvalue weighted by Crippen LogP contribution is 2.21. The van der Waals surface area contributed by atoms with E-state index in [2.05, 4.69) is 10.2 Å². The number of aromatic nitrogens is 3. The van der Waals surface area contributed by atoms with Gasteiger partial charge >= 0.3 is 5.97 Å². The molecule has 1 aromatic heterocycles. The van der Waals surface area contributed by atoms with Crippen LogP contribution in [0.5, 0.6) is 5.75 Å². The van der Waals surface area contributed by atoms with Crippen LogP contribution < -0.4 is 0 Å². The molecular formula is C13H9N3O3. The number of hydrogen-bond acceptors (Lipinski definition) is 4. The lowest BCUT2D eigenvalue weighted by atomic mass is 10.2. The molecule has 19 heavy (non-hydrogen) atoms. The van der Waals surface area contributed by atoms with E-state index in [0.717, 1.165) is 0 Å². The normalized spacial score (nSPS) is 10.7. The summed E-state index contributed by atoms with van der Waals surface area (Å²) in [6.45, 7) is 0. The van der Waals surface area contributed by atoms with E-state index >= 15 is 0 Å². The van der Waals surface area contributed by atoms with Crippen LogP contribution in [0.3, 0.4) is 0 Å². The van der Waals surface area contributed by atoms with E-state index in [-0.39, 0.29) is 11.3 Å². The minimum Gasteiger partial charge on any atom is -0.506 e. The van der Waals surface area contributed by atoms with Crippen LogP contribution in [0.2, 0.25) is 0 Å². The second kappa shape index (κ2) is 4.09. The van der Waals surface area contributed by atoms with E-state index in [1.807, 2.05) is 0 Å². The van der Waals surface area contributed by atoms with Crippen molar-refractivity contribution >= 4 is 17.0 Å². The zero-order valence-corrected chi connectivity index (χ0v) is 9.69. The molecule has 0 saturated heterocycles. The highest BCUT2D eigenvalue weighted by molar-refractivity contribution is 5.92. The molecule has 0 unspecified atom stereocenters. The third-order valence-corrected chi connectivity index (χ3v) is 2.72. The fraction of sp³-hybridized carbons (Fsp3) is 0. The molecule has 2 aromatic carbocycles. The van der Waals surface area contributed by atoms with Gasteiger partial charge < -0.3 is 10.2 Å². The van der Waals surface area contributed by atoms with Crippen molar-refractivity contribution in [1.29, 1.82) is 0 Å². The van der Waals surface area contributed by atoms with Gasteiger partial charge in [-0.15, -0.1) is 15.0 Å². The highest BCUT2D eigenvalue weighted by Gasteiger charge is 2.10. The predicted octanol–water partition coefficient (Wildman–Crippen LogP) is 1.82. The first kappa shape index (κ1) is 11.2. The van der Waals surface area contributed by atoms with Crippen LogP contribution in [0.4, 0.5) is 0 Å². The van der Waals surface area contributed by atoms with E-state index in [1.165, 1.54) is 23.0 Å². The van der Waals surface area contributed by atoms with Crippen molar-refractivity contribution in [3.63, 3.8) is 0 Å². The SMILES string of the molecule is O=C(O)c1ccc2nn(-c3ccccc3O)nc2c1. The van der Waals surface area contributed by atoms with Crippen molar-refractivity contribution in [3.05, 3.63) is 48.0 Å². The largest absolute Gasteiger partial charge is 0.506 e. The number of hydrogen-bond donors (Lipinski definition) is 2. The van der Waals surface area contributed by atoms with Crippen LogP contribution in [0.25, 0.3) is 16.7 Å². The third-order valence-electron chi connectivity index (χ3n) is 2.72. The van der Waals surface area contributed by atoms with E-state index in [4.69, 9.17) is 5.11 Å². The third kappa shape index (κ3) is 1.89. The Morgan fingerprint density at radius 3 is 2.53 bits per heavy atom. The quantitative estimate of drug-likeness (QED) is 0.729. The van der Waals surface area contributed by atoms with E-state index in [1.54, 1.807) is 24.3 Å². The molecule has 0 amide bonds. The topological polar surface area (TPSA) is 88.2 Å². The van der Waals surface area contributed by atoms with Gasteiger partial charge in [0.25, 0.3) is 0 Å². The van der Waals surface area contributed by atoms with E-state index in [9.17, 15) is 9.90 Å². The first-order valence-corrected chi connectivity index (χ1v) is 5.54. The fourth-order valence-corrected chi connectivity index (χ4v) is 1.79. The molecule has 0 atom stereocenters. The number of phenols is 1. The van der Waals surface area contributed by atoms with Crippen LogP contribution in [-0.2, 0) is 0 Å². The molecule has 0 spiro atoms. The van der Waals surface area contributed by atoms with Gasteiger partial charge in [-0.2, -0.15) is 0 Å². The maximum atomic E-state index is 10.9. The van der Waals surface area contributed by atoms with Crippen LogP contribution in [0.15, 0.2) is 42.5 Å². The molecule has 0 aliphatic carbocycles. The maximum absolute atomic E-state index is 10.9. The summed E-state index contributed by atoms with van der Waals surface area (Å²) in [4.78, 5) is 12.2. The molecule has 2 N–H and O–H groups in total. The average Bonchev–Trinajstić information content (AvgIpc) is 2.81. The molecular weight excluding hydrogens is 246 g/mol. The van der Waals surface area contributed by atoms with Crippen molar-refractivity contribution in [3.8, 4) is 11.4 Å². The molecule has 1 heterocycles. The number of aromatic carboxylic acids is 1. The molecule has 0 bridgehead atoms. The monoisotopic (exact) mass is 255 g/mol. The lowest BCUT2D eigenvalue weighted by molar-refractivity contribution is 0.0697. The molecule has 0 fully saturated rings. The van der Waals surface area contributed by atoms with Gasteiger partial charge in [0, 0.05) is 0 Å². The Balaban J connectivity index is 2.17. The Morgan fingerprint density at radius 2 is 1.79 bits per heavy atom. The summed E-state index contributed by atoms with van der Waals surface area (Å²) < 4.78 is 0. The van der Waals surface area contributed by atoms with Crippen molar-refractivity contribution in [2.45, 2.75) is 0 Å². The van der Waals surface area contributed by atoms with Gasteiger partial charge in [-0.1, -0.05) is 12.1 Å². The molecule has 6 heteroatoms. The van der Waals surface area contributed by atoms with Crippen LogP contribution in [0, 0.1) is 0 Å². The average molecular weight is 255 g/mol. The summed E-state index contributed by atoms with van der Waals surface area (Å²) in [7, 11) is 0. The number of fused-ring (bicyclic) bond motifs is 1. The first-order chi connectivity index (χ1) is 9.15. The minimum absolute atomic E-state index is 0.0567. The van der Waals surface area contributed by atoms with Crippen molar-refractivity contribution in [1.82, 2.24) is 15.0 Å². The second-order valence-electron chi connectivity index (χ2n) is 3.99. The molecule has 0 saturated carbocycles. The van der Waals surface area contributed by atoms with Crippen LogP contribution in [0.1, 0.15) is 10.4 Å². The Labute approximate surface area is 107 Å².